The minimum atomic E-state index is 0.132. The number of fused-ring (bicyclic) bond motifs is 1. The molecule has 1 N–H and O–H groups in total. The van der Waals surface area contributed by atoms with Gasteiger partial charge in [0, 0.05) is 6.20 Å². The lowest BCUT2D eigenvalue weighted by molar-refractivity contribution is 0.619. The quantitative estimate of drug-likeness (QED) is 0.770. The van der Waals surface area contributed by atoms with Gasteiger partial charge in [0.25, 0.3) is 0 Å². The van der Waals surface area contributed by atoms with Gasteiger partial charge in [-0.05, 0) is 35.0 Å². The third-order valence-electron chi connectivity index (χ3n) is 3.53. The molecule has 0 bridgehead atoms. The Balaban J connectivity index is 2.15. The van der Waals surface area contributed by atoms with Crippen molar-refractivity contribution in [2.24, 2.45) is 0 Å². The summed E-state index contributed by atoms with van der Waals surface area (Å²) in [5.41, 5.74) is 2.34. The van der Waals surface area contributed by atoms with Gasteiger partial charge in [-0.15, -0.1) is 0 Å². The molecule has 2 nitrogen and oxygen atoms in total. The fourth-order valence-corrected chi connectivity index (χ4v) is 2.63. The van der Waals surface area contributed by atoms with E-state index in [1.54, 1.807) is 0 Å². The highest BCUT2D eigenvalue weighted by molar-refractivity contribution is 5.86. The molecule has 2 heteroatoms. The summed E-state index contributed by atoms with van der Waals surface area (Å²) in [6, 6.07) is 21.2. The second-order valence-electron chi connectivity index (χ2n) is 4.81. The van der Waals surface area contributed by atoms with Crippen LogP contribution < -0.4 is 5.32 Å². The summed E-state index contributed by atoms with van der Waals surface area (Å²) >= 11 is 0. The SMILES string of the molecule is CCNC(c1ccccn1)c1cccc2ccccc12. The smallest absolute Gasteiger partial charge is 0.0757 e. The summed E-state index contributed by atoms with van der Waals surface area (Å²) in [5.74, 6) is 0. The molecule has 100 valence electrons. The van der Waals surface area contributed by atoms with E-state index in [9.17, 15) is 0 Å². The van der Waals surface area contributed by atoms with Crippen molar-refractivity contribution in [3.63, 3.8) is 0 Å². The zero-order valence-corrected chi connectivity index (χ0v) is 11.6. The second kappa shape index (κ2) is 5.85. The molecule has 0 saturated carbocycles. The predicted molar refractivity (Wildman–Crippen MR) is 83.7 cm³/mol. The van der Waals surface area contributed by atoms with Crippen LogP contribution >= 0.6 is 0 Å². The molecule has 1 aromatic heterocycles. The molecular formula is C18H18N2. The van der Waals surface area contributed by atoms with Crippen LogP contribution in [0, 0.1) is 0 Å². The first kappa shape index (κ1) is 12.8. The maximum Gasteiger partial charge on any atom is 0.0757 e. The standard InChI is InChI=1S/C18H18N2/c1-2-19-18(17-12-5-6-13-20-17)16-11-7-9-14-8-3-4-10-15(14)16/h3-13,18-19H,2H2,1H3. The molecular weight excluding hydrogens is 244 g/mol. The van der Waals surface area contributed by atoms with E-state index in [1.165, 1.54) is 16.3 Å². The Hall–Kier alpha value is -2.19. The molecule has 0 aliphatic rings. The van der Waals surface area contributed by atoms with E-state index in [0.717, 1.165) is 12.2 Å². The predicted octanol–water partition coefficient (Wildman–Crippen LogP) is 3.93. The van der Waals surface area contributed by atoms with Crippen molar-refractivity contribution >= 4 is 10.8 Å². The Morgan fingerprint density at radius 3 is 2.55 bits per heavy atom. The Bertz CT molecular complexity index is 687. The van der Waals surface area contributed by atoms with E-state index in [2.05, 4.69) is 65.8 Å². The number of aromatic nitrogens is 1. The summed E-state index contributed by atoms with van der Waals surface area (Å²) in [6.45, 7) is 3.03. The molecule has 0 amide bonds. The number of nitrogens with one attached hydrogen (secondary N) is 1. The van der Waals surface area contributed by atoms with Crippen molar-refractivity contribution in [1.82, 2.24) is 10.3 Å². The van der Waals surface area contributed by atoms with Crippen LogP contribution in [0.3, 0.4) is 0 Å². The van der Waals surface area contributed by atoms with Gasteiger partial charge in [0.05, 0.1) is 11.7 Å². The number of rotatable bonds is 4. The first-order valence-corrected chi connectivity index (χ1v) is 7.02. The van der Waals surface area contributed by atoms with Crippen molar-refractivity contribution < 1.29 is 0 Å². The Morgan fingerprint density at radius 1 is 0.950 bits per heavy atom. The van der Waals surface area contributed by atoms with Gasteiger partial charge < -0.3 is 5.32 Å². The van der Waals surface area contributed by atoms with Crippen LogP contribution in [0.5, 0.6) is 0 Å². The maximum atomic E-state index is 4.52. The Kier molecular flexibility index (Phi) is 3.75. The van der Waals surface area contributed by atoms with E-state index in [0.29, 0.717) is 0 Å². The van der Waals surface area contributed by atoms with Gasteiger partial charge in [0.2, 0.25) is 0 Å². The van der Waals surface area contributed by atoms with Gasteiger partial charge in [-0.3, -0.25) is 4.98 Å². The summed E-state index contributed by atoms with van der Waals surface area (Å²) in [5, 5.41) is 6.10. The maximum absolute atomic E-state index is 4.52. The van der Waals surface area contributed by atoms with E-state index >= 15 is 0 Å². The normalized spacial score (nSPS) is 12.4. The van der Waals surface area contributed by atoms with Crippen LogP contribution in [0.4, 0.5) is 0 Å². The minimum Gasteiger partial charge on any atom is -0.305 e. The van der Waals surface area contributed by atoms with Gasteiger partial charge in [-0.1, -0.05) is 55.5 Å². The third kappa shape index (κ3) is 2.43. The van der Waals surface area contributed by atoms with Crippen molar-refractivity contribution in [3.05, 3.63) is 78.1 Å². The fraction of sp³-hybridized carbons (Fsp3) is 0.167. The molecule has 2 aromatic carbocycles. The average molecular weight is 262 g/mol. The molecule has 1 unspecified atom stereocenters. The first-order chi connectivity index (χ1) is 9.90. The molecule has 0 saturated heterocycles. The van der Waals surface area contributed by atoms with Gasteiger partial charge in [0.15, 0.2) is 0 Å². The Morgan fingerprint density at radius 2 is 1.75 bits per heavy atom. The van der Waals surface area contributed by atoms with Crippen LogP contribution in [0.25, 0.3) is 10.8 Å². The molecule has 0 aliphatic carbocycles. The monoisotopic (exact) mass is 262 g/mol. The van der Waals surface area contributed by atoms with Crippen LogP contribution in [0.2, 0.25) is 0 Å². The molecule has 1 atom stereocenters. The number of benzene rings is 2. The lowest BCUT2D eigenvalue weighted by atomic mass is 9.96. The fourth-order valence-electron chi connectivity index (χ4n) is 2.63. The summed E-state index contributed by atoms with van der Waals surface area (Å²) < 4.78 is 0. The summed E-state index contributed by atoms with van der Waals surface area (Å²) in [4.78, 5) is 4.52. The molecule has 0 radical (unpaired) electrons. The van der Waals surface area contributed by atoms with Crippen LogP contribution in [0.1, 0.15) is 24.2 Å². The first-order valence-electron chi connectivity index (χ1n) is 7.02. The largest absolute Gasteiger partial charge is 0.305 e. The highest BCUT2D eigenvalue weighted by Gasteiger charge is 2.16. The number of nitrogens with zero attached hydrogens (tertiary/aromatic N) is 1. The molecule has 1 heterocycles. The van der Waals surface area contributed by atoms with Gasteiger partial charge >= 0.3 is 0 Å². The summed E-state index contributed by atoms with van der Waals surface area (Å²) in [7, 11) is 0. The minimum absolute atomic E-state index is 0.132. The lowest BCUT2D eigenvalue weighted by Crippen LogP contribution is -2.23. The van der Waals surface area contributed by atoms with Crippen molar-refractivity contribution in [2.45, 2.75) is 13.0 Å². The van der Waals surface area contributed by atoms with Crippen molar-refractivity contribution in [3.8, 4) is 0 Å². The van der Waals surface area contributed by atoms with E-state index in [4.69, 9.17) is 0 Å². The number of hydrogen-bond acceptors (Lipinski definition) is 2. The van der Waals surface area contributed by atoms with E-state index in [1.807, 2.05) is 18.3 Å². The van der Waals surface area contributed by atoms with Crippen LogP contribution in [-0.4, -0.2) is 11.5 Å². The highest BCUT2D eigenvalue weighted by atomic mass is 14.9. The van der Waals surface area contributed by atoms with Gasteiger partial charge in [0.1, 0.15) is 0 Å². The van der Waals surface area contributed by atoms with E-state index < -0.39 is 0 Å². The lowest BCUT2D eigenvalue weighted by Gasteiger charge is -2.19. The van der Waals surface area contributed by atoms with Crippen molar-refractivity contribution in [1.29, 1.82) is 0 Å². The van der Waals surface area contributed by atoms with Gasteiger partial charge in [-0.2, -0.15) is 0 Å². The zero-order chi connectivity index (χ0) is 13.8. The zero-order valence-electron chi connectivity index (χ0n) is 11.6. The van der Waals surface area contributed by atoms with Gasteiger partial charge in [-0.25, -0.2) is 0 Å². The molecule has 20 heavy (non-hydrogen) atoms. The van der Waals surface area contributed by atoms with E-state index in [-0.39, 0.29) is 6.04 Å². The number of pyridine rings is 1. The van der Waals surface area contributed by atoms with Crippen LogP contribution in [-0.2, 0) is 0 Å². The molecule has 0 aliphatic heterocycles. The molecule has 0 fully saturated rings. The third-order valence-corrected chi connectivity index (χ3v) is 3.53. The summed E-state index contributed by atoms with van der Waals surface area (Å²) in [6.07, 6.45) is 1.85. The average Bonchev–Trinajstić information content (AvgIpc) is 2.53. The highest BCUT2D eigenvalue weighted by Crippen LogP contribution is 2.27. The second-order valence-corrected chi connectivity index (χ2v) is 4.81. The number of hydrogen-bond donors (Lipinski definition) is 1. The van der Waals surface area contributed by atoms with Crippen LogP contribution in [0.15, 0.2) is 66.9 Å². The molecule has 0 spiro atoms. The molecule has 3 rings (SSSR count). The van der Waals surface area contributed by atoms with Crippen molar-refractivity contribution in [2.75, 3.05) is 6.54 Å². The topological polar surface area (TPSA) is 24.9 Å². The Labute approximate surface area is 119 Å². The molecule has 3 aromatic rings.